The van der Waals surface area contributed by atoms with E-state index in [0.717, 1.165) is 63.0 Å². The highest BCUT2D eigenvalue weighted by atomic mass is 35.5. The highest BCUT2D eigenvalue weighted by Gasteiger charge is 2.17. The Balaban J connectivity index is 0.00000221. The first kappa shape index (κ1) is 34.0. The molecule has 48 heavy (non-hydrogen) atoms. The normalized spacial score (nSPS) is 13.6. The molecule has 2 heterocycles. The molecule has 6 rings (SSSR count). The van der Waals surface area contributed by atoms with Gasteiger partial charge in [-0.15, -0.1) is 0 Å². The number of allylic oxidation sites excluding steroid dienone is 12. The van der Waals surface area contributed by atoms with Gasteiger partial charge in [-0.2, -0.15) is 0 Å². The van der Waals surface area contributed by atoms with Crippen molar-refractivity contribution in [2.24, 2.45) is 0 Å². The number of hydrogen-bond donors (Lipinski definition) is 0. The zero-order valence-electron chi connectivity index (χ0n) is 28.1. The number of rotatable bonds is 9. The van der Waals surface area contributed by atoms with Crippen LogP contribution in [0.5, 0.6) is 0 Å². The van der Waals surface area contributed by atoms with Crippen LogP contribution in [0.1, 0.15) is 52.1 Å². The quantitative estimate of drug-likeness (QED) is 0.149. The molecule has 0 atom stereocenters. The number of aromatic nitrogens is 4. The first-order valence-corrected chi connectivity index (χ1v) is 16.9. The molecule has 0 unspecified atom stereocenters. The minimum absolute atomic E-state index is 0.569. The van der Waals surface area contributed by atoms with Crippen molar-refractivity contribution in [2.45, 2.75) is 40.5 Å². The molecule has 1 aliphatic carbocycles. The van der Waals surface area contributed by atoms with E-state index in [-0.39, 0.29) is 0 Å². The summed E-state index contributed by atoms with van der Waals surface area (Å²) in [5, 5.41) is 1.72. The summed E-state index contributed by atoms with van der Waals surface area (Å²) in [6.45, 7) is 12.0. The number of benzene rings is 3. The summed E-state index contributed by atoms with van der Waals surface area (Å²) in [6.07, 6.45) is 22.8. The zero-order valence-corrected chi connectivity index (χ0v) is 28.8. The third-order valence-corrected chi connectivity index (χ3v) is 7.90. The fourth-order valence-electron chi connectivity index (χ4n) is 5.65. The largest absolute Gasteiger partial charge is 0.310 e. The molecule has 1 aliphatic rings. The van der Waals surface area contributed by atoms with Gasteiger partial charge in [-0.1, -0.05) is 135 Å². The number of halogens is 1. The molecule has 0 saturated carbocycles. The van der Waals surface area contributed by atoms with Crippen LogP contribution in [-0.2, 0) is 0 Å². The molecular formula is C43H41ClN4. The molecule has 4 nitrogen and oxygen atoms in total. The van der Waals surface area contributed by atoms with Gasteiger partial charge in [0, 0.05) is 38.5 Å². The second-order valence-corrected chi connectivity index (χ2v) is 11.4. The number of hydrogen-bond acceptors (Lipinski definition) is 3. The third kappa shape index (κ3) is 7.79. The Labute approximate surface area is 289 Å². The van der Waals surface area contributed by atoms with Crippen molar-refractivity contribution in [3.05, 3.63) is 168 Å². The third-order valence-electron chi connectivity index (χ3n) is 7.69. The Morgan fingerprint density at radius 1 is 0.771 bits per heavy atom. The first-order chi connectivity index (χ1) is 23.6. The lowest BCUT2D eigenvalue weighted by atomic mass is 10.0. The lowest BCUT2D eigenvalue weighted by Gasteiger charge is -2.14. The maximum absolute atomic E-state index is 6.89. The minimum atomic E-state index is 0.569. The summed E-state index contributed by atoms with van der Waals surface area (Å²) in [5.74, 6) is 1.84. The predicted octanol–water partition coefficient (Wildman–Crippen LogP) is 12.2. The Kier molecular flexibility index (Phi) is 11.7. The van der Waals surface area contributed by atoms with Crippen LogP contribution >= 0.6 is 11.6 Å². The standard InChI is InChI=1S/C41H35ClN4.C2H6/c1-4-15-29(16-5-2)32(17-6-3)25-36-26-33-22-13-14-23-38(33)46(36)37-27-34(24-35(42)28-37)41-44-39(30-18-9-7-10-19-30)43-40(45-41)31-20-11-8-12-21-31;1-2/h4-7,9-11,13-28H,1,8,12H2,2-3H3;1-2H3/b16-5-,17-6-,29-15+,32-25+;. The minimum Gasteiger partial charge on any atom is -0.310 e. The lowest BCUT2D eigenvalue weighted by Crippen LogP contribution is -2.04. The van der Waals surface area contributed by atoms with Gasteiger partial charge in [-0.05, 0) is 74.2 Å². The molecule has 0 N–H and O–H groups in total. The average Bonchev–Trinajstić information content (AvgIpc) is 3.50. The van der Waals surface area contributed by atoms with Gasteiger partial charge < -0.3 is 4.57 Å². The molecule has 0 bridgehead atoms. The van der Waals surface area contributed by atoms with Crippen molar-refractivity contribution in [1.29, 1.82) is 0 Å². The van der Waals surface area contributed by atoms with Gasteiger partial charge in [0.2, 0.25) is 0 Å². The van der Waals surface area contributed by atoms with Gasteiger partial charge >= 0.3 is 0 Å². The zero-order chi connectivity index (χ0) is 33.9. The number of nitrogens with zero attached hydrogens (tertiary/aromatic N) is 4. The maximum Gasteiger partial charge on any atom is 0.164 e. The smallest absolute Gasteiger partial charge is 0.164 e. The molecule has 5 heteroatoms. The molecule has 0 saturated heterocycles. The van der Waals surface area contributed by atoms with Gasteiger partial charge in [0.15, 0.2) is 17.5 Å². The van der Waals surface area contributed by atoms with Gasteiger partial charge in [0.1, 0.15) is 0 Å². The van der Waals surface area contributed by atoms with Gasteiger partial charge in [0.25, 0.3) is 0 Å². The van der Waals surface area contributed by atoms with Crippen molar-refractivity contribution in [2.75, 3.05) is 0 Å². The average molecular weight is 649 g/mol. The number of para-hydroxylation sites is 1. The van der Waals surface area contributed by atoms with E-state index >= 15 is 0 Å². The summed E-state index contributed by atoms with van der Waals surface area (Å²) in [7, 11) is 0. The van der Waals surface area contributed by atoms with E-state index in [9.17, 15) is 0 Å². The molecular weight excluding hydrogens is 608 g/mol. The molecule has 5 aromatic rings. The summed E-state index contributed by atoms with van der Waals surface area (Å²) in [5.41, 5.74) is 7.87. The van der Waals surface area contributed by atoms with E-state index < -0.39 is 0 Å². The van der Waals surface area contributed by atoms with Crippen LogP contribution in [-0.4, -0.2) is 19.5 Å². The second-order valence-electron chi connectivity index (χ2n) is 10.9. The van der Waals surface area contributed by atoms with Crippen LogP contribution in [0.15, 0.2) is 151 Å². The van der Waals surface area contributed by atoms with Crippen molar-refractivity contribution >= 4 is 34.2 Å². The second kappa shape index (κ2) is 16.5. The monoisotopic (exact) mass is 648 g/mol. The van der Waals surface area contributed by atoms with Crippen molar-refractivity contribution in [3.63, 3.8) is 0 Å². The molecule has 0 fully saturated rings. The van der Waals surface area contributed by atoms with E-state index in [1.807, 2.05) is 88.4 Å². The summed E-state index contributed by atoms with van der Waals surface area (Å²) < 4.78 is 2.24. The fourth-order valence-corrected chi connectivity index (χ4v) is 5.88. The Hall–Kier alpha value is -5.32. The van der Waals surface area contributed by atoms with Crippen molar-refractivity contribution < 1.29 is 0 Å². The molecule has 2 aromatic heterocycles. The lowest BCUT2D eigenvalue weighted by molar-refractivity contribution is 1.00. The Morgan fingerprint density at radius 3 is 2.17 bits per heavy atom. The fraction of sp³-hybridized carbons (Fsp3) is 0.140. The number of fused-ring (bicyclic) bond motifs is 1. The highest BCUT2D eigenvalue weighted by molar-refractivity contribution is 6.31. The van der Waals surface area contributed by atoms with Crippen LogP contribution in [0, 0.1) is 0 Å². The Morgan fingerprint density at radius 2 is 1.46 bits per heavy atom. The Bertz CT molecular complexity index is 2090. The SMILES string of the molecule is C=C/C=C(\C=C/C)C(/C=C\C)=C/c1cc2ccccc2n1-c1cc(Cl)cc(-c2nc(C3=CCCC=C3)nc(-c3ccccc3)n2)c1.CC. The first-order valence-electron chi connectivity index (χ1n) is 16.5. The molecule has 3 aromatic carbocycles. The van der Waals surface area contributed by atoms with Crippen LogP contribution < -0.4 is 0 Å². The van der Waals surface area contributed by atoms with E-state index in [4.69, 9.17) is 26.6 Å². The summed E-state index contributed by atoms with van der Waals surface area (Å²) in [4.78, 5) is 14.8. The van der Waals surface area contributed by atoms with Crippen molar-refractivity contribution in [3.8, 4) is 28.5 Å². The van der Waals surface area contributed by atoms with E-state index in [2.05, 4.69) is 90.1 Å². The molecule has 0 aliphatic heterocycles. The van der Waals surface area contributed by atoms with E-state index in [0.29, 0.717) is 22.5 Å². The van der Waals surface area contributed by atoms with Gasteiger partial charge in [-0.25, -0.2) is 15.0 Å². The van der Waals surface area contributed by atoms with Crippen molar-refractivity contribution in [1.82, 2.24) is 19.5 Å². The summed E-state index contributed by atoms with van der Waals surface area (Å²) in [6, 6.07) is 26.6. The van der Waals surface area contributed by atoms with E-state index in [1.54, 1.807) is 0 Å². The predicted molar refractivity (Wildman–Crippen MR) is 206 cm³/mol. The van der Waals surface area contributed by atoms with Gasteiger partial charge in [0.05, 0.1) is 5.52 Å². The summed E-state index contributed by atoms with van der Waals surface area (Å²) >= 11 is 6.89. The molecule has 0 spiro atoms. The molecule has 240 valence electrons. The highest BCUT2D eigenvalue weighted by Crippen LogP contribution is 2.33. The van der Waals surface area contributed by atoms with E-state index in [1.165, 1.54) is 0 Å². The maximum atomic E-state index is 6.89. The van der Waals surface area contributed by atoms with Crippen LogP contribution in [0.3, 0.4) is 0 Å². The van der Waals surface area contributed by atoms with Crippen LogP contribution in [0.2, 0.25) is 5.02 Å². The van der Waals surface area contributed by atoms with Crippen LogP contribution in [0.4, 0.5) is 0 Å². The van der Waals surface area contributed by atoms with Gasteiger partial charge in [-0.3, -0.25) is 0 Å². The topological polar surface area (TPSA) is 43.6 Å². The molecule has 0 radical (unpaired) electrons. The molecule has 0 amide bonds. The van der Waals surface area contributed by atoms with Crippen LogP contribution in [0.25, 0.3) is 51.0 Å².